The van der Waals surface area contributed by atoms with Gasteiger partial charge >= 0.3 is 6.09 Å². The lowest BCUT2D eigenvalue weighted by Gasteiger charge is -2.18. The number of nitrogens with one attached hydrogen (secondary N) is 2. The molecular weight excluding hydrogens is 284 g/mol. The minimum absolute atomic E-state index is 0.0000687. The number of fused-ring (bicyclic) bond motifs is 1. The first kappa shape index (κ1) is 13.9. The van der Waals surface area contributed by atoms with Crippen molar-refractivity contribution in [3.05, 3.63) is 54.1 Å². The second-order valence-electron chi connectivity index (χ2n) is 4.72. The Bertz CT molecular complexity index is 701. The standard InChI is InChI=1S/C16H14N2O4/c19-15-10-21-14-8-11(6-7-13(14)18-15)9-17-16(20)22-12-4-2-1-3-5-12/h1-8H,9-10H2,(H,17,20)(H,18,19). The number of hydrogen-bond acceptors (Lipinski definition) is 4. The van der Waals surface area contributed by atoms with Crippen LogP contribution >= 0.6 is 0 Å². The van der Waals surface area contributed by atoms with Crippen LogP contribution in [-0.4, -0.2) is 18.6 Å². The molecule has 0 fully saturated rings. The molecule has 2 aromatic carbocycles. The maximum absolute atomic E-state index is 11.7. The molecule has 0 aliphatic carbocycles. The van der Waals surface area contributed by atoms with Crippen LogP contribution in [0.15, 0.2) is 48.5 Å². The average Bonchev–Trinajstić information content (AvgIpc) is 2.54. The van der Waals surface area contributed by atoms with Crippen molar-refractivity contribution in [2.45, 2.75) is 6.54 Å². The molecular formula is C16H14N2O4. The predicted octanol–water partition coefficient (Wildman–Crippen LogP) is 2.31. The van der Waals surface area contributed by atoms with Gasteiger partial charge in [-0.25, -0.2) is 4.79 Å². The molecule has 3 rings (SSSR count). The van der Waals surface area contributed by atoms with Crippen molar-refractivity contribution >= 4 is 17.7 Å². The highest BCUT2D eigenvalue weighted by atomic mass is 16.6. The largest absolute Gasteiger partial charge is 0.482 e. The molecule has 0 bridgehead atoms. The summed E-state index contributed by atoms with van der Waals surface area (Å²) in [6.07, 6.45) is -0.529. The Morgan fingerprint density at radius 3 is 2.86 bits per heavy atom. The zero-order valence-corrected chi connectivity index (χ0v) is 11.7. The van der Waals surface area contributed by atoms with Crippen LogP contribution in [0.4, 0.5) is 10.5 Å². The van der Waals surface area contributed by atoms with Gasteiger partial charge in [-0.3, -0.25) is 4.79 Å². The average molecular weight is 298 g/mol. The van der Waals surface area contributed by atoms with Crippen molar-refractivity contribution in [3.63, 3.8) is 0 Å². The Morgan fingerprint density at radius 2 is 2.05 bits per heavy atom. The van der Waals surface area contributed by atoms with Gasteiger partial charge in [0.05, 0.1) is 5.69 Å². The van der Waals surface area contributed by atoms with E-state index in [0.29, 0.717) is 23.7 Å². The lowest BCUT2D eigenvalue weighted by atomic mass is 10.1. The van der Waals surface area contributed by atoms with Crippen LogP contribution in [0.1, 0.15) is 5.56 Å². The molecule has 1 aliphatic rings. The number of para-hydroxylation sites is 1. The van der Waals surface area contributed by atoms with Crippen molar-refractivity contribution in [2.75, 3.05) is 11.9 Å². The summed E-state index contributed by atoms with van der Waals surface area (Å²) in [6.45, 7) is 0.302. The fourth-order valence-corrected chi connectivity index (χ4v) is 2.03. The molecule has 2 aromatic rings. The van der Waals surface area contributed by atoms with Crippen molar-refractivity contribution in [2.24, 2.45) is 0 Å². The molecule has 0 atom stereocenters. The molecule has 22 heavy (non-hydrogen) atoms. The summed E-state index contributed by atoms with van der Waals surface area (Å²) < 4.78 is 10.4. The molecule has 0 saturated carbocycles. The van der Waals surface area contributed by atoms with E-state index in [1.54, 1.807) is 42.5 Å². The van der Waals surface area contributed by atoms with E-state index < -0.39 is 6.09 Å². The smallest absolute Gasteiger partial charge is 0.412 e. The Kier molecular flexibility index (Phi) is 3.91. The number of rotatable bonds is 3. The monoisotopic (exact) mass is 298 g/mol. The Hall–Kier alpha value is -3.02. The van der Waals surface area contributed by atoms with E-state index in [1.165, 1.54) is 0 Å². The molecule has 0 saturated heterocycles. The number of ether oxygens (including phenoxy) is 2. The maximum atomic E-state index is 11.7. The van der Waals surface area contributed by atoms with Crippen LogP contribution in [0.5, 0.6) is 11.5 Å². The van der Waals surface area contributed by atoms with Gasteiger partial charge in [0.1, 0.15) is 11.5 Å². The van der Waals surface area contributed by atoms with E-state index in [-0.39, 0.29) is 12.5 Å². The van der Waals surface area contributed by atoms with E-state index in [1.807, 2.05) is 6.07 Å². The molecule has 0 aromatic heterocycles. The fourth-order valence-electron chi connectivity index (χ4n) is 2.03. The van der Waals surface area contributed by atoms with Crippen molar-refractivity contribution in [3.8, 4) is 11.5 Å². The highest BCUT2D eigenvalue weighted by Crippen LogP contribution is 2.28. The number of carbonyl (C=O) groups is 2. The van der Waals surface area contributed by atoms with Gasteiger partial charge in [-0.15, -0.1) is 0 Å². The molecule has 6 nitrogen and oxygen atoms in total. The summed E-state index contributed by atoms with van der Waals surface area (Å²) in [7, 11) is 0. The minimum Gasteiger partial charge on any atom is -0.482 e. The van der Waals surface area contributed by atoms with E-state index in [9.17, 15) is 9.59 Å². The van der Waals surface area contributed by atoms with Crippen LogP contribution in [0, 0.1) is 0 Å². The van der Waals surface area contributed by atoms with Gasteiger partial charge in [-0.2, -0.15) is 0 Å². The van der Waals surface area contributed by atoms with Crippen LogP contribution < -0.4 is 20.1 Å². The van der Waals surface area contributed by atoms with Crippen LogP contribution in [0.3, 0.4) is 0 Å². The third-order valence-corrected chi connectivity index (χ3v) is 3.07. The van der Waals surface area contributed by atoms with Gasteiger partial charge < -0.3 is 20.1 Å². The summed E-state index contributed by atoms with van der Waals surface area (Å²) in [5, 5.41) is 5.37. The Labute approximate surface area is 127 Å². The molecule has 2 N–H and O–H groups in total. The van der Waals surface area contributed by atoms with Crippen molar-refractivity contribution < 1.29 is 19.1 Å². The molecule has 112 valence electrons. The first-order valence-corrected chi connectivity index (χ1v) is 6.77. The van der Waals surface area contributed by atoms with E-state index >= 15 is 0 Å². The van der Waals surface area contributed by atoms with Crippen LogP contribution in [-0.2, 0) is 11.3 Å². The summed E-state index contributed by atoms with van der Waals surface area (Å²) >= 11 is 0. The van der Waals surface area contributed by atoms with Crippen LogP contribution in [0.25, 0.3) is 0 Å². The first-order chi connectivity index (χ1) is 10.7. The zero-order chi connectivity index (χ0) is 15.4. The van der Waals surface area contributed by atoms with E-state index in [4.69, 9.17) is 9.47 Å². The van der Waals surface area contributed by atoms with Crippen molar-refractivity contribution in [1.82, 2.24) is 5.32 Å². The van der Waals surface area contributed by atoms with Crippen molar-refractivity contribution in [1.29, 1.82) is 0 Å². The van der Waals surface area contributed by atoms with Gasteiger partial charge in [-0.1, -0.05) is 24.3 Å². The second kappa shape index (κ2) is 6.17. The summed E-state index contributed by atoms with van der Waals surface area (Å²) in [4.78, 5) is 22.9. The van der Waals surface area contributed by atoms with Gasteiger partial charge in [0.2, 0.25) is 0 Å². The maximum Gasteiger partial charge on any atom is 0.412 e. The highest BCUT2D eigenvalue weighted by molar-refractivity contribution is 5.95. The molecule has 0 unspecified atom stereocenters. The second-order valence-corrected chi connectivity index (χ2v) is 4.72. The number of anilines is 1. The third kappa shape index (κ3) is 3.35. The molecule has 2 amide bonds. The number of hydrogen-bond donors (Lipinski definition) is 2. The van der Waals surface area contributed by atoms with Crippen LogP contribution in [0.2, 0.25) is 0 Å². The van der Waals surface area contributed by atoms with Gasteiger partial charge in [-0.05, 0) is 29.8 Å². The lowest BCUT2D eigenvalue weighted by Crippen LogP contribution is -2.27. The predicted molar refractivity (Wildman–Crippen MR) is 79.9 cm³/mol. The number of carbonyl (C=O) groups excluding carboxylic acids is 2. The van der Waals surface area contributed by atoms with Gasteiger partial charge in [0, 0.05) is 6.54 Å². The zero-order valence-electron chi connectivity index (χ0n) is 11.7. The molecule has 0 radical (unpaired) electrons. The highest BCUT2D eigenvalue weighted by Gasteiger charge is 2.16. The fraction of sp³-hybridized carbons (Fsp3) is 0.125. The third-order valence-electron chi connectivity index (χ3n) is 3.07. The lowest BCUT2D eigenvalue weighted by molar-refractivity contribution is -0.118. The first-order valence-electron chi connectivity index (χ1n) is 6.77. The topological polar surface area (TPSA) is 76.7 Å². The normalized spacial score (nSPS) is 12.6. The SMILES string of the molecule is O=C1COc2cc(CNC(=O)Oc3ccccc3)ccc2N1. The van der Waals surface area contributed by atoms with Gasteiger partial charge in [0.25, 0.3) is 5.91 Å². The van der Waals surface area contributed by atoms with E-state index in [0.717, 1.165) is 5.56 Å². The number of amides is 2. The molecule has 1 heterocycles. The Morgan fingerprint density at radius 1 is 1.23 bits per heavy atom. The molecule has 6 heteroatoms. The Balaban J connectivity index is 1.57. The molecule has 1 aliphatic heterocycles. The minimum atomic E-state index is -0.529. The summed E-state index contributed by atoms with van der Waals surface area (Å²) in [5.74, 6) is 0.900. The van der Waals surface area contributed by atoms with Gasteiger partial charge in [0.15, 0.2) is 6.61 Å². The van der Waals surface area contributed by atoms with E-state index in [2.05, 4.69) is 10.6 Å². The summed E-state index contributed by atoms with van der Waals surface area (Å²) in [5.41, 5.74) is 1.48. The quantitative estimate of drug-likeness (QED) is 0.911. The number of benzene rings is 2. The molecule has 0 spiro atoms. The summed E-state index contributed by atoms with van der Waals surface area (Å²) in [6, 6.07) is 14.1.